The van der Waals surface area contributed by atoms with E-state index in [1.54, 1.807) is 0 Å². The van der Waals surface area contributed by atoms with E-state index in [4.69, 9.17) is 11.6 Å². The lowest BCUT2D eigenvalue weighted by Crippen LogP contribution is -2.25. The van der Waals surface area contributed by atoms with Crippen LogP contribution in [0.1, 0.15) is 28.2 Å². The van der Waals surface area contributed by atoms with Gasteiger partial charge < -0.3 is 5.32 Å². The highest BCUT2D eigenvalue weighted by Gasteiger charge is 2.38. The minimum Gasteiger partial charge on any atom is -0.352 e. The topological polar surface area (TPSA) is 46.9 Å². The molecule has 1 heterocycles. The summed E-state index contributed by atoms with van der Waals surface area (Å²) in [6.07, 6.45) is -4.24. The molecule has 0 aliphatic heterocycles. The van der Waals surface area contributed by atoms with Gasteiger partial charge in [0.05, 0.1) is 10.7 Å². The Kier molecular flexibility index (Phi) is 5.48. The summed E-state index contributed by atoms with van der Waals surface area (Å²) in [6, 6.07) is 5.03. The number of nitrogens with one attached hydrogen (secondary N) is 1. The van der Waals surface area contributed by atoms with Gasteiger partial charge in [0.1, 0.15) is 5.82 Å². The van der Waals surface area contributed by atoms with Crippen molar-refractivity contribution in [1.82, 2.24) is 15.1 Å². The Bertz CT molecular complexity index is 726. The van der Waals surface area contributed by atoms with Crippen LogP contribution in [0.4, 0.5) is 17.6 Å². The van der Waals surface area contributed by atoms with Crippen molar-refractivity contribution in [3.63, 3.8) is 0 Å². The summed E-state index contributed by atoms with van der Waals surface area (Å²) in [5.74, 6) is -0.834. The van der Waals surface area contributed by atoms with Crippen LogP contribution in [-0.2, 0) is 12.7 Å². The molecular weight excluding hydrogens is 350 g/mol. The van der Waals surface area contributed by atoms with Crippen molar-refractivity contribution in [2.75, 3.05) is 6.54 Å². The first kappa shape index (κ1) is 18.3. The standard InChI is InChI=1S/C15H14ClF4N3O/c1-9-12(16)13(15(18,19)20)22-23(9)8-2-7-21-14(24)10-3-5-11(17)6-4-10/h3-6H,2,7-8H2,1H3,(H,21,24). The van der Waals surface area contributed by atoms with E-state index in [0.29, 0.717) is 12.0 Å². The molecule has 2 rings (SSSR count). The molecule has 0 aliphatic carbocycles. The molecule has 0 aliphatic rings. The van der Waals surface area contributed by atoms with Crippen LogP contribution < -0.4 is 5.32 Å². The second-order valence-electron chi connectivity index (χ2n) is 5.09. The molecular formula is C15H14ClF4N3O. The zero-order valence-electron chi connectivity index (χ0n) is 12.6. The minimum atomic E-state index is -4.61. The number of amides is 1. The number of carbonyl (C=O) groups is 1. The molecule has 1 aromatic heterocycles. The number of hydrogen-bond acceptors (Lipinski definition) is 2. The van der Waals surface area contributed by atoms with Gasteiger partial charge in [-0.3, -0.25) is 9.48 Å². The van der Waals surface area contributed by atoms with E-state index in [0.717, 1.165) is 4.68 Å². The lowest BCUT2D eigenvalue weighted by atomic mass is 10.2. The van der Waals surface area contributed by atoms with Crippen LogP contribution >= 0.6 is 11.6 Å². The molecule has 130 valence electrons. The van der Waals surface area contributed by atoms with E-state index in [-0.39, 0.29) is 24.7 Å². The first-order chi connectivity index (χ1) is 11.2. The van der Waals surface area contributed by atoms with Gasteiger partial charge in [0.2, 0.25) is 0 Å². The van der Waals surface area contributed by atoms with Crippen molar-refractivity contribution < 1.29 is 22.4 Å². The van der Waals surface area contributed by atoms with Crippen molar-refractivity contribution in [2.24, 2.45) is 0 Å². The van der Waals surface area contributed by atoms with E-state index in [1.807, 2.05) is 0 Å². The highest BCUT2D eigenvalue weighted by atomic mass is 35.5. The molecule has 0 atom stereocenters. The summed E-state index contributed by atoms with van der Waals surface area (Å²) in [7, 11) is 0. The van der Waals surface area contributed by atoms with E-state index in [9.17, 15) is 22.4 Å². The van der Waals surface area contributed by atoms with Crippen LogP contribution in [0.15, 0.2) is 24.3 Å². The first-order valence-corrected chi connectivity index (χ1v) is 7.42. The van der Waals surface area contributed by atoms with E-state index < -0.39 is 22.7 Å². The van der Waals surface area contributed by atoms with Crippen molar-refractivity contribution in [3.8, 4) is 0 Å². The number of rotatable bonds is 5. The SMILES string of the molecule is Cc1c(Cl)c(C(F)(F)F)nn1CCCNC(=O)c1ccc(F)cc1. The fourth-order valence-electron chi connectivity index (χ4n) is 2.06. The number of hydrogen-bond donors (Lipinski definition) is 1. The van der Waals surface area contributed by atoms with Gasteiger partial charge in [0.25, 0.3) is 5.91 Å². The number of nitrogens with zero attached hydrogens (tertiary/aromatic N) is 2. The van der Waals surface area contributed by atoms with Crippen LogP contribution in [0.3, 0.4) is 0 Å². The Morgan fingerprint density at radius 3 is 2.46 bits per heavy atom. The number of aromatic nitrogens is 2. The quantitative estimate of drug-likeness (QED) is 0.648. The molecule has 2 aromatic rings. The van der Waals surface area contributed by atoms with Gasteiger partial charge >= 0.3 is 6.18 Å². The predicted molar refractivity (Wildman–Crippen MR) is 80.3 cm³/mol. The molecule has 0 saturated heterocycles. The minimum absolute atomic E-state index is 0.172. The smallest absolute Gasteiger partial charge is 0.352 e. The molecule has 0 bridgehead atoms. The molecule has 1 N–H and O–H groups in total. The average molecular weight is 364 g/mol. The van der Waals surface area contributed by atoms with Gasteiger partial charge in [-0.25, -0.2) is 4.39 Å². The number of carbonyl (C=O) groups excluding carboxylic acids is 1. The zero-order chi connectivity index (χ0) is 17.9. The summed E-state index contributed by atoms with van der Waals surface area (Å²) < 4.78 is 52.1. The van der Waals surface area contributed by atoms with E-state index in [1.165, 1.54) is 31.2 Å². The van der Waals surface area contributed by atoms with Crippen LogP contribution in [0.25, 0.3) is 0 Å². The summed E-state index contributed by atoms with van der Waals surface area (Å²) >= 11 is 5.65. The lowest BCUT2D eigenvalue weighted by molar-refractivity contribution is -0.141. The van der Waals surface area contributed by atoms with Gasteiger partial charge in [-0.05, 0) is 37.6 Å². The maximum atomic E-state index is 12.8. The van der Waals surface area contributed by atoms with Gasteiger partial charge in [-0.1, -0.05) is 11.6 Å². The van der Waals surface area contributed by atoms with Gasteiger partial charge in [-0.15, -0.1) is 0 Å². The third-order valence-electron chi connectivity index (χ3n) is 3.34. The number of alkyl halides is 3. The Labute approximate surface area is 140 Å². The molecule has 0 unspecified atom stereocenters. The highest BCUT2D eigenvalue weighted by molar-refractivity contribution is 6.31. The molecule has 0 spiro atoms. The average Bonchev–Trinajstić information content (AvgIpc) is 2.80. The summed E-state index contributed by atoms with van der Waals surface area (Å²) in [5.41, 5.74) is -0.597. The Balaban J connectivity index is 1.89. The second-order valence-corrected chi connectivity index (χ2v) is 5.46. The van der Waals surface area contributed by atoms with Crippen LogP contribution in [-0.4, -0.2) is 22.2 Å². The Morgan fingerprint density at radius 1 is 1.29 bits per heavy atom. The maximum absolute atomic E-state index is 12.8. The fraction of sp³-hybridized carbons (Fsp3) is 0.333. The maximum Gasteiger partial charge on any atom is 0.436 e. The van der Waals surface area contributed by atoms with Gasteiger partial charge in [0.15, 0.2) is 5.69 Å². The molecule has 1 aromatic carbocycles. The normalized spacial score (nSPS) is 11.6. The fourth-order valence-corrected chi connectivity index (χ4v) is 2.30. The summed E-state index contributed by atoms with van der Waals surface area (Å²) in [5, 5.41) is 5.65. The molecule has 1 amide bonds. The Morgan fingerprint density at radius 2 is 1.92 bits per heavy atom. The molecule has 0 saturated carbocycles. The summed E-state index contributed by atoms with van der Waals surface area (Å²) in [4.78, 5) is 11.8. The molecule has 24 heavy (non-hydrogen) atoms. The molecule has 4 nitrogen and oxygen atoms in total. The third kappa shape index (κ3) is 4.25. The van der Waals surface area contributed by atoms with Gasteiger partial charge in [0, 0.05) is 18.7 Å². The van der Waals surface area contributed by atoms with Crippen LogP contribution in [0, 0.1) is 12.7 Å². The van der Waals surface area contributed by atoms with E-state index >= 15 is 0 Å². The third-order valence-corrected chi connectivity index (χ3v) is 3.79. The number of benzene rings is 1. The van der Waals surface area contributed by atoms with Crippen molar-refractivity contribution in [3.05, 3.63) is 52.1 Å². The lowest BCUT2D eigenvalue weighted by Gasteiger charge is -2.07. The van der Waals surface area contributed by atoms with Gasteiger partial charge in [-0.2, -0.15) is 18.3 Å². The predicted octanol–water partition coefficient (Wildman–Crippen LogP) is 3.82. The number of halogens is 5. The van der Waals surface area contributed by atoms with Crippen LogP contribution in [0.5, 0.6) is 0 Å². The zero-order valence-corrected chi connectivity index (χ0v) is 13.4. The van der Waals surface area contributed by atoms with Crippen molar-refractivity contribution in [2.45, 2.75) is 26.1 Å². The monoisotopic (exact) mass is 363 g/mol. The van der Waals surface area contributed by atoms with Crippen LogP contribution in [0.2, 0.25) is 5.02 Å². The second kappa shape index (κ2) is 7.21. The summed E-state index contributed by atoms with van der Waals surface area (Å²) in [6.45, 7) is 1.85. The number of aryl methyl sites for hydroxylation is 1. The molecule has 9 heteroatoms. The molecule has 0 radical (unpaired) electrons. The Hall–Kier alpha value is -2.09. The van der Waals surface area contributed by atoms with Crippen molar-refractivity contribution >= 4 is 17.5 Å². The first-order valence-electron chi connectivity index (χ1n) is 7.04. The largest absolute Gasteiger partial charge is 0.436 e. The van der Waals surface area contributed by atoms with Crippen molar-refractivity contribution in [1.29, 1.82) is 0 Å². The highest BCUT2D eigenvalue weighted by Crippen LogP contribution is 2.35. The molecule has 0 fully saturated rings. The van der Waals surface area contributed by atoms with E-state index in [2.05, 4.69) is 10.4 Å².